The van der Waals surface area contributed by atoms with Crippen molar-refractivity contribution in [2.24, 2.45) is 5.92 Å². The van der Waals surface area contributed by atoms with Gasteiger partial charge in [0.05, 0.1) is 17.5 Å². The van der Waals surface area contributed by atoms with Crippen LogP contribution >= 0.6 is 11.8 Å². The van der Waals surface area contributed by atoms with E-state index in [2.05, 4.69) is 48.9 Å². The predicted molar refractivity (Wildman–Crippen MR) is 111 cm³/mol. The number of aromatic nitrogens is 2. The van der Waals surface area contributed by atoms with E-state index < -0.39 is 0 Å². The van der Waals surface area contributed by atoms with Gasteiger partial charge < -0.3 is 4.90 Å². The van der Waals surface area contributed by atoms with E-state index in [9.17, 15) is 10.1 Å². The highest BCUT2D eigenvalue weighted by Crippen LogP contribution is 2.23. The van der Waals surface area contributed by atoms with E-state index in [0.717, 1.165) is 23.9 Å². The summed E-state index contributed by atoms with van der Waals surface area (Å²) >= 11 is 1.47. The van der Waals surface area contributed by atoms with Gasteiger partial charge in [-0.15, -0.1) is 0 Å². The lowest BCUT2D eigenvalue weighted by atomic mass is 10.0. The molecular formula is C21H27N5OS. The van der Waals surface area contributed by atoms with Gasteiger partial charge in [0.25, 0.3) is 0 Å². The molecule has 0 aliphatic carbocycles. The van der Waals surface area contributed by atoms with Gasteiger partial charge in [-0.05, 0) is 24.5 Å². The molecule has 28 heavy (non-hydrogen) atoms. The van der Waals surface area contributed by atoms with E-state index in [4.69, 9.17) is 0 Å². The Morgan fingerprint density at radius 1 is 1.25 bits per heavy atom. The van der Waals surface area contributed by atoms with Gasteiger partial charge in [-0.2, -0.15) is 5.26 Å². The molecule has 6 nitrogen and oxygen atoms in total. The number of nitriles is 1. The van der Waals surface area contributed by atoms with Crippen LogP contribution in [0.2, 0.25) is 0 Å². The number of hydrogen-bond acceptors (Lipinski definition) is 5. The molecule has 1 amide bonds. The third kappa shape index (κ3) is 4.57. The van der Waals surface area contributed by atoms with Crippen LogP contribution in [0.5, 0.6) is 0 Å². The number of nitrogens with zero attached hydrogens (tertiary/aromatic N) is 5. The number of para-hydroxylation sites is 1. The van der Waals surface area contributed by atoms with Gasteiger partial charge in [-0.25, -0.2) is 4.98 Å². The van der Waals surface area contributed by atoms with E-state index in [-0.39, 0.29) is 11.9 Å². The molecule has 0 radical (unpaired) electrons. The number of hydrogen-bond donors (Lipinski definition) is 0. The minimum Gasteiger partial charge on any atom is -0.339 e. The van der Waals surface area contributed by atoms with Gasteiger partial charge in [0.15, 0.2) is 5.16 Å². The highest BCUT2D eigenvalue weighted by Gasteiger charge is 2.27. The highest BCUT2D eigenvalue weighted by atomic mass is 32.2. The molecule has 0 spiro atoms. The summed E-state index contributed by atoms with van der Waals surface area (Å²) in [4.78, 5) is 21.2. The van der Waals surface area contributed by atoms with Crippen molar-refractivity contribution in [3.05, 3.63) is 42.2 Å². The van der Waals surface area contributed by atoms with Crippen LogP contribution in [-0.4, -0.2) is 63.2 Å². The fraction of sp³-hybridized carbons (Fsp3) is 0.476. The zero-order valence-electron chi connectivity index (χ0n) is 16.7. The quantitative estimate of drug-likeness (QED) is 0.701. The third-order valence-corrected chi connectivity index (χ3v) is 6.08. The second kappa shape index (κ2) is 9.26. The first-order valence-electron chi connectivity index (χ1n) is 9.65. The van der Waals surface area contributed by atoms with Gasteiger partial charge in [-0.1, -0.05) is 43.8 Å². The maximum atomic E-state index is 12.7. The van der Waals surface area contributed by atoms with Crippen molar-refractivity contribution in [3.8, 4) is 11.8 Å². The number of carbonyl (C=O) groups excluding carboxylic acids is 1. The molecule has 0 bridgehead atoms. The van der Waals surface area contributed by atoms with Crippen LogP contribution in [-0.2, 0) is 4.79 Å². The van der Waals surface area contributed by atoms with E-state index in [1.807, 2.05) is 27.8 Å². The molecule has 2 heterocycles. The van der Waals surface area contributed by atoms with Crippen LogP contribution in [0.15, 0.2) is 41.8 Å². The lowest BCUT2D eigenvalue weighted by Gasteiger charge is -2.38. The number of piperazine rings is 1. The van der Waals surface area contributed by atoms with Crippen molar-refractivity contribution in [2.45, 2.75) is 32.0 Å². The molecule has 1 saturated heterocycles. The van der Waals surface area contributed by atoms with Crippen molar-refractivity contribution in [3.63, 3.8) is 0 Å². The monoisotopic (exact) mass is 397 g/mol. The summed E-state index contributed by atoms with van der Waals surface area (Å²) in [5, 5.41) is 10.2. The molecule has 1 aliphatic heterocycles. The lowest BCUT2D eigenvalue weighted by Crippen LogP contribution is -2.53. The molecule has 1 fully saturated rings. The summed E-state index contributed by atoms with van der Waals surface area (Å²) in [6, 6.07) is 10.5. The van der Waals surface area contributed by atoms with E-state index in [1.165, 1.54) is 17.3 Å². The summed E-state index contributed by atoms with van der Waals surface area (Å²) in [6.07, 6.45) is 3.70. The fourth-order valence-electron chi connectivity index (χ4n) is 3.53. The Balaban J connectivity index is 1.56. The summed E-state index contributed by atoms with van der Waals surface area (Å²) in [5.41, 5.74) is 2.25. The zero-order chi connectivity index (χ0) is 20.1. The number of aryl methyl sites for hydroxylation is 1. The minimum absolute atomic E-state index is 0.0757. The van der Waals surface area contributed by atoms with Gasteiger partial charge in [0.2, 0.25) is 5.91 Å². The second-order valence-electron chi connectivity index (χ2n) is 7.39. The zero-order valence-corrected chi connectivity index (χ0v) is 17.5. The van der Waals surface area contributed by atoms with Crippen molar-refractivity contribution in [1.29, 1.82) is 5.26 Å². The Morgan fingerprint density at radius 3 is 2.61 bits per heavy atom. The average molecular weight is 398 g/mol. The predicted octanol–water partition coefficient (Wildman–Crippen LogP) is 2.97. The maximum absolute atomic E-state index is 12.7. The van der Waals surface area contributed by atoms with Crippen LogP contribution in [0.25, 0.3) is 5.69 Å². The van der Waals surface area contributed by atoms with Gasteiger partial charge in [-0.3, -0.25) is 14.3 Å². The molecule has 7 heteroatoms. The Morgan fingerprint density at radius 2 is 1.96 bits per heavy atom. The van der Waals surface area contributed by atoms with E-state index in [1.54, 1.807) is 6.20 Å². The molecule has 1 aliphatic rings. The number of thioether (sulfide) groups is 1. The minimum atomic E-state index is -0.0757. The van der Waals surface area contributed by atoms with Gasteiger partial charge >= 0.3 is 0 Å². The summed E-state index contributed by atoms with van der Waals surface area (Å²) < 4.78 is 2.03. The molecular weight excluding hydrogens is 370 g/mol. The first-order chi connectivity index (χ1) is 13.5. The van der Waals surface area contributed by atoms with Crippen molar-refractivity contribution < 1.29 is 4.79 Å². The number of benzene rings is 1. The largest absolute Gasteiger partial charge is 0.339 e. The average Bonchev–Trinajstić information content (AvgIpc) is 3.15. The first-order valence-corrected chi connectivity index (χ1v) is 10.6. The smallest absolute Gasteiger partial charge is 0.233 e. The second-order valence-corrected chi connectivity index (χ2v) is 8.33. The van der Waals surface area contributed by atoms with Crippen LogP contribution in [0.3, 0.4) is 0 Å². The molecule has 1 aromatic heterocycles. The first kappa shape index (κ1) is 20.4. The van der Waals surface area contributed by atoms with Crippen molar-refractivity contribution in [2.75, 3.05) is 31.9 Å². The van der Waals surface area contributed by atoms with Gasteiger partial charge in [0.1, 0.15) is 6.04 Å². The Hall–Kier alpha value is -2.30. The van der Waals surface area contributed by atoms with Gasteiger partial charge in [0, 0.05) is 38.6 Å². The van der Waals surface area contributed by atoms with Crippen LogP contribution in [0, 0.1) is 24.2 Å². The Kier molecular flexibility index (Phi) is 6.76. The normalized spacial score (nSPS) is 16.2. The standard InChI is InChI=1S/C21H27N5OS/c1-16(2)19(14-22)24-10-12-25(13-11-24)20(27)15-28-21-23-8-9-26(21)18-7-5-4-6-17(18)3/h4-9,16,19H,10-13,15H2,1-3H3. The topological polar surface area (TPSA) is 65.2 Å². The lowest BCUT2D eigenvalue weighted by molar-refractivity contribution is -0.130. The molecule has 1 unspecified atom stereocenters. The fourth-order valence-corrected chi connectivity index (χ4v) is 4.40. The SMILES string of the molecule is Cc1ccccc1-n1ccnc1SCC(=O)N1CCN(C(C#N)C(C)C)CC1. The number of imidazole rings is 1. The van der Waals surface area contributed by atoms with E-state index in [0.29, 0.717) is 24.8 Å². The van der Waals surface area contributed by atoms with Crippen LogP contribution in [0.4, 0.5) is 0 Å². The molecule has 1 aromatic carbocycles. The summed E-state index contributed by atoms with van der Waals surface area (Å²) in [7, 11) is 0. The molecule has 3 rings (SSSR count). The molecule has 2 aromatic rings. The Bertz CT molecular complexity index is 848. The third-order valence-electron chi connectivity index (χ3n) is 5.13. The molecule has 148 valence electrons. The Labute approximate surface area is 171 Å². The molecule has 1 atom stereocenters. The number of amides is 1. The number of rotatable bonds is 6. The van der Waals surface area contributed by atoms with Crippen molar-refractivity contribution in [1.82, 2.24) is 19.4 Å². The molecule has 0 N–H and O–H groups in total. The number of carbonyl (C=O) groups is 1. The van der Waals surface area contributed by atoms with Crippen molar-refractivity contribution >= 4 is 17.7 Å². The van der Waals surface area contributed by atoms with E-state index >= 15 is 0 Å². The molecule has 0 saturated carbocycles. The maximum Gasteiger partial charge on any atom is 0.233 e. The van der Waals surface area contributed by atoms with Crippen LogP contribution < -0.4 is 0 Å². The summed E-state index contributed by atoms with van der Waals surface area (Å²) in [5.74, 6) is 0.791. The summed E-state index contributed by atoms with van der Waals surface area (Å²) in [6.45, 7) is 9.07. The van der Waals surface area contributed by atoms with Crippen LogP contribution in [0.1, 0.15) is 19.4 Å². The highest BCUT2D eigenvalue weighted by molar-refractivity contribution is 7.99.